The molecular weight excluding hydrogens is 457 g/mol. The van der Waals surface area contributed by atoms with E-state index in [4.69, 9.17) is 14.5 Å². The molecule has 7 heteroatoms. The predicted octanol–water partition coefficient (Wildman–Crippen LogP) is 3.10. The highest BCUT2D eigenvalue weighted by atomic mass is 127. The zero-order chi connectivity index (χ0) is 18.8. The summed E-state index contributed by atoms with van der Waals surface area (Å²) in [7, 11) is 1.67. The molecule has 0 radical (unpaired) electrons. The molecule has 152 valence electrons. The van der Waals surface area contributed by atoms with E-state index >= 15 is 0 Å². The number of piperidine rings is 1. The molecule has 0 aromatic heterocycles. The van der Waals surface area contributed by atoms with Crippen LogP contribution in [0.25, 0.3) is 0 Å². The van der Waals surface area contributed by atoms with Crippen molar-refractivity contribution in [3.63, 3.8) is 0 Å². The van der Waals surface area contributed by atoms with Gasteiger partial charge >= 0.3 is 5.97 Å². The van der Waals surface area contributed by atoms with Gasteiger partial charge in [0.25, 0.3) is 0 Å². The molecule has 1 heterocycles. The number of likely N-dealkylation sites (tertiary alicyclic amines) is 1. The van der Waals surface area contributed by atoms with E-state index in [1.807, 2.05) is 19.1 Å². The minimum atomic E-state index is -0.0615. The van der Waals surface area contributed by atoms with E-state index in [0.717, 1.165) is 57.2 Å². The number of nitrogens with zero attached hydrogens (tertiary/aromatic N) is 2. The Hall–Kier alpha value is -1.51. The fraction of sp³-hybridized carbons (Fsp3) is 0.600. The number of benzene rings is 1. The van der Waals surface area contributed by atoms with Gasteiger partial charge in [0.15, 0.2) is 5.96 Å². The molecule has 6 nitrogen and oxygen atoms in total. The average Bonchev–Trinajstić information content (AvgIpc) is 2.68. The SMILES string of the molecule is CCNC(=NCCc1ccc(OC)cc1)N1CCC(C(=O)OCC)CC1.I. The molecule has 0 bridgehead atoms. The van der Waals surface area contributed by atoms with Crippen molar-refractivity contribution in [3.8, 4) is 5.75 Å². The highest BCUT2D eigenvalue weighted by Crippen LogP contribution is 2.19. The van der Waals surface area contributed by atoms with E-state index in [0.29, 0.717) is 6.61 Å². The van der Waals surface area contributed by atoms with Crippen molar-refractivity contribution >= 4 is 35.9 Å². The second-order valence-electron chi connectivity index (χ2n) is 6.35. The third-order valence-electron chi connectivity index (χ3n) is 4.57. The zero-order valence-corrected chi connectivity index (χ0v) is 18.9. The highest BCUT2D eigenvalue weighted by molar-refractivity contribution is 14.0. The Morgan fingerprint density at radius 3 is 2.44 bits per heavy atom. The summed E-state index contributed by atoms with van der Waals surface area (Å²) < 4.78 is 10.3. The first-order valence-electron chi connectivity index (χ1n) is 9.50. The minimum Gasteiger partial charge on any atom is -0.497 e. The maximum Gasteiger partial charge on any atom is 0.309 e. The third kappa shape index (κ3) is 7.56. The summed E-state index contributed by atoms with van der Waals surface area (Å²) in [6.07, 6.45) is 2.53. The number of esters is 1. The van der Waals surface area contributed by atoms with Crippen LogP contribution in [-0.2, 0) is 16.0 Å². The van der Waals surface area contributed by atoms with Gasteiger partial charge in [-0.15, -0.1) is 24.0 Å². The Bertz CT molecular complexity index is 585. The van der Waals surface area contributed by atoms with Gasteiger partial charge in [0.1, 0.15) is 5.75 Å². The van der Waals surface area contributed by atoms with Crippen molar-refractivity contribution in [2.24, 2.45) is 10.9 Å². The molecular formula is C20H32IN3O3. The van der Waals surface area contributed by atoms with Crippen molar-refractivity contribution in [1.82, 2.24) is 10.2 Å². The molecule has 1 aliphatic heterocycles. The molecule has 1 saturated heterocycles. The quantitative estimate of drug-likeness (QED) is 0.276. The molecule has 1 aromatic rings. The van der Waals surface area contributed by atoms with Gasteiger partial charge in [-0.05, 0) is 50.8 Å². The third-order valence-corrected chi connectivity index (χ3v) is 4.57. The topological polar surface area (TPSA) is 63.2 Å². The highest BCUT2D eigenvalue weighted by Gasteiger charge is 2.27. The fourth-order valence-electron chi connectivity index (χ4n) is 3.10. The monoisotopic (exact) mass is 489 g/mol. The summed E-state index contributed by atoms with van der Waals surface area (Å²) in [6.45, 7) is 7.60. The molecule has 1 N–H and O–H groups in total. The molecule has 2 rings (SSSR count). The van der Waals surface area contributed by atoms with Crippen LogP contribution >= 0.6 is 24.0 Å². The largest absolute Gasteiger partial charge is 0.497 e. The van der Waals surface area contributed by atoms with Gasteiger partial charge in [-0.3, -0.25) is 9.79 Å². The summed E-state index contributed by atoms with van der Waals surface area (Å²) in [5.74, 6) is 1.76. The lowest BCUT2D eigenvalue weighted by atomic mass is 9.97. The van der Waals surface area contributed by atoms with Crippen LogP contribution in [0.3, 0.4) is 0 Å². The normalized spacial score (nSPS) is 15.1. The van der Waals surface area contributed by atoms with E-state index in [2.05, 4.69) is 29.3 Å². The van der Waals surface area contributed by atoms with Crippen molar-refractivity contribution < 1.29 is 14.3 Å². The summed E-state index contributed by atoms with van der Waals surface area (Å²) in [6, 6.07) is 8.10. The van der Waals surface area contributed by atoms with Crippen LogP contribution in [0.1, 0.15) is 32.3 Å². The summed E-state index contributed by atoms with van der Waals surface area (Å²) in [5, 5.41) is 3.37. The molecule has 0 spiro atoms. The number of halogens is 1. The number of aliphatic imine (C=N–C) groups is 1. The summed E-state index contributed by atoms with van der Waals surface area (Å²) >= 11 is 0. The number of carbonyl (C=O) groups is 1. The lowest BCUT2D eigenvalue weighted by Gasteiger charge is -2.33. The van der Waals surface area contributed by atoms with E-state index in [-0.39, 0.29) is 35.9 Å². The number of guanidine groups is 1. The summed E-state index contributed by atoms with van der Waals surface area (Å²) in [4.78, 5) is 18.9. The lowest BCUT2D eigenvalue weighted by molar-refractivity contribution is -0.149. The Balaban J connectivity index is 0.00000364. The molecule has 0 aliphatic carbocycles. The molecule has 0 amide bonds. The molecule has 1 fully saturated rings. The van der Waals surface area contributed by atoms with Crippen LogP contribution in [0.2, 0.25) is 0 Å². The van der Waals surface area contributed by atoms with Crippen molar-refractivity contribution in [1.29, 1.82) is 0 Å². The van der Waals surface area contributed by atoms with Gasteiger partial charge in [0.2, 0.25) is 0 Å². The van der Waals surface area contributed by atoms with Crippen LogP contribution in [0, 0.1) is 5.92 Å². The number of hydrogen-bond acceptors (Lipinski definition) is 4. The maximum atomic E-state index is 11.9. The molecule has 0 saturated carbocycles. The average molecular weight is 489 g/mol. The second-order valence-corrected chi connectivity index (χ2v) is 6.35. The van der Waals surface area contributed by atoms with Gasteiger partial charge in [-0.2, -0.15) is 0 Å². The number of rotatable bonds is 7. The van der Waals surface area contributed by atoms with Crippen LogP contribution in [-0.4, -0.2) is 56.7 Å². The van der Waals surface area contributed by atoms with E-state index in [1.54, 1.807) is 7.11 Å². The van der Waals surface area contributed by atoms with Crippen molar-refractivity contribution in [2.45, 2.75) is 33.1 Å². The van der Waals surface area contributed by atoms with E-state index in [9.17, 15) is 4.79 Å². The van der Waals surface area contributed by atoms with Gasteiger partial charge in [-0.25, -0.2) is 0 Å². The summed E-state index contributed by atoms with van der Waals surface area (Å²) in [5.41, 5.74) is 1.24. The number of ether oxygens (including phenoxy) is 2. The minimum absolute atomic E-state index is 0. The van der Waals surface area contributed by atoms with Crippen LogP contribution in [0.15, 0.2) is 29.3 Å². The van der Waals surface area contributed by atoms with Crippen molar-refractivity contribution in [2.75, 3.05) is 39.9 Å². The van der Waals surface area contributed by atoms with Crippen LogP contribution in [0.4, 0.5) is 0 Å². The van der Waals surface area contributed by atoms with E-state index < -0.39 is 0 Å². The molecule has 27 heavy (non-hydrogen) atoms. The van der Waals surface area contributed by atoms with Gasteiger partial charge in [0, 0.05) is 26.2 Å². The number of carbonyl (C=O) groups excluding carboxylic acids is 1. The lowest BCUT2D eigenvalue weighted by Crippen LogP contribution is -2.46. The number of hydrogen-bond donors (Lipinski definition) is 1. The molecule has 0 unspecified atom stereocenters. The molecule has 1 aliphatic rings. The van der Waals surface area contributed by atoms with Gasteiger partial charge in [0.05, 0.1) is 19.6 Å². The van der Waals surface area contributed by atoms with Gasteiger partial charge < -0.3 is 19.7 Å². The second kappa shape index (κ2) is 12.8. The fourth-order valence-corrected chi connectivity index (χ4v) is 3.10. The zero-order valence-electron chi connectivity index (χ0n) is 16.6. The predicted molar refractivity (Wildman–Crippen MR) is 119 cm³/mol. The first-order valence-corrected chi connectivity index (χ1v) is 9.50. The maximum absolute atomic E-state index is 11.9. The molecule has 0 atom stereocenters. The smallest absolute Gasteiger partial charge is 0.309 e. The first-order chi connectivity index (χ1) is 12.7. The van der Waals surface area contributed by atoms with Crippen LogP contribution < -0.4 is 10.1 Å². The standard InChI is InChI=1S/C20H31N3O3.HI/c1-4-21-20(22-13-10-16-6-8-18(25-3)9-7-16)23-14-11-17(12-15-23)19(24)26-5-2;/h6-9,17H,4-5,10-15H2,1-3H3,(H,21,22);1H. The Kier molecular flexibility index (Phi) is 11.2. The first kappa shape index (κ1) is 23.5. The Morgan fingerprint density at radius 1 is 1.22 bits per heavy atom. The Morgan fingerprint density at radius 2 is 1.89 bits per heavy atom. The van der Waals surface area contributed by atoms with Crippen molar-refractivity contribution in [3.05, 3.63) is 29.8 Å². The van der Waals surface area contributed by atoms with Crippen LogP contribution in [0.5, 0.6) is 5.75 Å². The van der Waals surface area contributed by atoms with E-state index in [1.165, 1.54) is 5.56 Å². The molecule has 1 aromatic carbocycles. The van der Waals surface area contributed by atoms with Gasteiger partial charge in [-0.1, -0.05) is 12.1 Å². The number of nitrogens with one attached hydrogen (secondary N) is 1. The Labute approximate surface area is 179 Å². The number of methoxy groups -OCH3 is 1.